The van der Waals surface area contributed by atoms with Gasteiger partial charge in [-0.15, -0.1) is 11.3 Å². The average Bonchev–Trinajstić information content (AvgIpc) is 3.30. The van der Waals surface area contributed by atoms with E-state index in [9.17, 15) is 23.2 Å². The summed E-state index contributed by atoms with van der Waals surface area (Å²) in [5.41, 5.74) is -0.0881. The fraction of sp³-hybridized carbons (Fsp3) is 0.519. The van der Waals surface area contributed by atoms with Crippen molar-refractivity contribution in [2.45, 2.75) is 40.2 Å². The van der Waals surface area contributed by atoms with E-state index in [0.717, 1.165) is 11.3 Å². The van der Waals surface area contributed by atoms with Crippen LogP contribution in [0.15, 0.2) is 30.3 Å². The number of rotatable bonds is 12. The number of ether oxygens (including phenoxy) is 1. The van der Waals surface area contributed by atoms with Crippen LogP contribution in [0.1, 0.15) is 49.4 Å². The molecule has 1 aromatic heterocycles. The average molecular weight is 585 g/mol. The Labute approximate surface area is 236 Å². The van der Waals surface area contributed by atoms with Crippen LogP contribution < -0.4 is 15.5 Å². The second-order valence-electron chi connectivity index (χ2n) is 10.2. The van der Waals surface area contributed by atoms with E-state index < -0.39 is 24.3 Å². The van der Waals surface area contributed by atoms with Crippen molar-refractivity contribution in [3.63, 3.8) is 0 Å². The summed E-state index contributed by atoms with van der Waals surface area (Å²) in [6.07, 6.45) is -2.86. The fourth-order valence-electron chi connectivity index (χ4n) is 4.42. The highest BCUT2D eigenvalue weighted by atomic mass is 35.5. The first-order valence-corrected chi connectivity index (χ1v) is 14.0. The highest BCUT2D eigenvalue weighted by molar-refractivity contribution is 7.18. The first-order valence-electron chi connectivity index (χ1n) is 12.8. The Kier molecular flexibility index (Phi) is 11.2. The smallest absolute Gasteiger partial charge is 0.265 e. The minimum Gasteiger partial charge on any atom is -0.370 e. The first kappa shape index (κ1) is 30.9. The maximum Gasteiger partial charge on any atom is 0.265 e. The molecule has 0 unspecified atom stereocenters. The van der Waals surface area contributed by atoms with Crippen molar-refractivity contribution in [3.8, 4) is 0 Å². The monoisotopic (exact) mass is 584 g/mol. The van der Waals surface area contributed by atoms with Gasteiger partial charge < -0.3 is 20.3 Å². The lowest BCUT2D eigenvalue weighted by molar-refractivity contribution is -0.125. The van der Waals surface area contributed by atoms with E-state index >= 15 is 0 Å². The fourth-order valence-corrected chi connectivity index (χ4v) is 5.38. The third-order valence-electron chi connectivity index (χ3n) is 6.00. The Morgan fingerprint density at radius 2 is 1.82 bits per heavy atom. The highest BCUT2D eigenvalue weighted by Gasteiger charge is 2.30. The van der Waals surface area contributed by atoms with Gasteiger partial charge >= 0.3 is 0 Å². The SMILES string of the molecule is CC(C)CN(CC(C)C)[C@H](CNC(=O)c1ccc(Cl)s1)C(=O)Nc1ccc(N2CCOCC2=O)c(C(F)F)c1. The lowest BCUT2D eigenvalue weighted by Gasteiger charge is -2.33. The number of benzene rings is 1. The molecule has 2 N–H and O–H groups in total. The number of carbonyl (C=O) groups excluding carboxylic acids is 3. The standard InChI is InChI=1S/C27H35ClF2N4O4S/c1-16(2)13-33(14-17(3)4)21(12-31-27(37)22-7-8-23(28)39-22)26(36)32-18-5-6-20(19(11-18)25(29)30)34-9-10-38-15-24(34)35/h5-8,11,16-17,21,25H,9-10,12-15H2,1-4H3,(H,31,37)(H,32,36)/t21-/m1/s1. The number of nitrogens with one attached hydrogen (secondary N) is 2. The number of halogens is 3. The molecule has 1 aliphatic heterocycles. The van der Waals surface area contributed by atoms with Crippen LogP contribution in [0.25, 0.3) is 0 Å². The van der Waals surface area contributed by atoms with Crippen LogP contribution in [-0.4, -0.2) is 68.1 Å². The molecule has 8 nitrogen and oxygen atoms in total. The minimum absolute atomic E-state index is 0.0156. The summed E-state index contributed by atoms with van der Waals surface area (Å²) < 4.78 is 33.6. The molecule has 1 fully saturated rings. The summed E-state index contributed by atoms with van der Waals surface area (Å²) >= 11 is 7.10. The molecule has 2 aromatic rings. The number of hydrogen-bond acceptors (Lipinski definition) is 6. The Bertz CT molecular complexity index is 1150. The molecular formula is C27H35ClF2N4O4S. The lowest BCUT2D eigenvalue weighted by atomic mass is 10.1. The molecule has 3 amide bonds. The largest absolute Gasteiger partial charge is 0.370 e. The van der Waals surface area contributed by atoms with Crippen LogP contribution in [0.3, 0.4) is 0 Å². The van der Waals surface area contributed by atoms with E-state index in [4.69, 9.17) is 16.3 Å². The van der Waals surface area contributed by atoms with Crippen LogP contribution in [0.5, 0.6) is 0 Å². The van der Waals surface area contributed by atoms with E-state index in [1.807, 2.05) is 32.6 Å². The molecule has 0 radical (unpaired) electrons. The Balaban J connectivity index is 1.85. The molecule has 0 aliphatic carbocycles. The number of hydrogen-bond donors (Lipinski definition) is 2. The molecule has 2 heterocycles. The van der Waals surface area contributed by atoms with Crippen LogP contribution in [0.4, 0.5) is 20.2 Å². The molecule has 1 aliphatic rings. The second kappa shape index (κ2) is 14.2. The number of carbonyl (C=O) groups is 3. The van der Waals surface area contributed by atoms with E-state index in [0.29, 0.717) is 22.3 Å². The van der Waals surface area contributed by atoms with Gasteiger partial charge in [0.1, 0.15) is 12.6 Å². The van der Waals surface area contributed by atoms with Crippen LogP contribution >= 0.6 is 22.9 Å². The predicted octanol–water partition coefficient (Wildman–Crippen LogP) is 5.05. The molecule has 3 rings (SSSR count). The number of alkyl halides is 2. The van der Waals surface area contributed by atoms with Gasteiger partial charge in [0.15, 0.2) is 0 Å². The molecular weight excluding hydrogens is 550 g/mol. The number of nitrogens with zero attached hydrogens (tertiary/aromatic N) is 2. The van der Waals surface area contributed by atoms with Crippen molar-refractivity contribution in [2.75, 3.05) is 49.6 Å². The van der Waals surface area contributed by atoms with Gasteiger partial charge in [0.05, 0.1) is 21.5 Å². The second-order valence-corrected chi connectivity index (χ2v) is 11.9. The summed E-state index contributed by atoms with van der Waals surface area (Å²) in [6.45, 7) is 9.60. The van der Waals surface area contributed by atoms with Gasteiger partial charge in [-0.05, 0) is 42.2 Å². The van der Waals surface area contributed by atoms with Gasteiger partial charge in [0, 0.05) is 37.4 Å². The molecule has 12 heteroatoms. The molecule has 1 atom stereocenters. The molecule has 1 saturated heterocycles. The third kappa shape index (κ3) is 8.69. The summed E-state index contributed by atoms with van der Waals surface area (Å²) in [7, 11) is 0. The van der Waals surface area contributed by atoms with Gasteiger partial charge in [0.2, 0.25) is 5.91 Å². The van der Waals surface area contributed by atoms with Crippen LogP contribution in [0.2, 0.25) is 4.34 Å². The number of amides is 3. The Morgan fingerprint density at radius 1 is 1.13 bits per heavy atom. The zero-order valence-electron chi connectivity index (χ0n) is 22.5. The van der Waals surface area contributed by atoms with Gasteiger partial charge in [-0.3, -0.25) is 19.3 Å². The summed E-state index contributed by atoms with van der Waals surface area (Å²) in [6, 6.07) is 6.59. The van der Waals surface area contributed by atoms with Gasteiger partial charge in [-0.25, -0.2) is 8.78 Å². The predicted molar refractivity (Wildman–Crippen MR) is 150 cm³/mol. The molecule has 214 valence electrons. The van der Waals surface area contributed by atoms with Crippen molar-refractivity contribution >= 4 is 52.0 Å². The van der Waals surface area contributed by atoms with Crippen molar-refractivity contribution < 1.29 is 27.9 Å². The number of thiophene rings is 1. The highest BCUT2D eigenvalue weighted by Crippen LogP contribution is 2.33. The maximum atomic E-state index is 14.0. The van der Waals surface area contributed by atoms with Gasteiger partial charge in [-0.2, -0.15) is 0 Å². The topological polar surface area (TPSA) is 91.0 Å². The summed E-state index contributed by atoms with van der Waals surface area (Å²) in [5, 5.41) is 5.59. The normalized spacial score (nSPS) is 14.9. The summed E-state index contributed by atoms with van der Waals surface area (Å²) in [5.74, 6) is -0.710. The zero-order valence-corrected chi connectivity index (χ0v) is 24.1. The van der Waals surface area contributed by atoms with Crippen molar-refractivity contribution in [2.24, 2.45) is 11.8 Å². The first-order chi connectivity index (χ1) is 18.5. The Morgan fingerprint density at radius 3 is 2.38 bits per heavy atom. The van der Waals surface area contributed by atoms with E-state index in [1.165, 1.54) is 23.1 Å². The molecule has 39 heavy (non-hydrogen) atoms. The van der Waals surface area contributed by atoms with Crippen LogP contribution in [0, 0.1) is 11.8 Å². The van der Waals surface area contributed by atoms with Crippen molar-refractivity contribution in [3.05, 3.63) is 45.1 Å². The van der Waals surface area contributed by atoms with Gasteiger partial charge in [-0.1, -0.05) is 39.3 Å². The van der Waals surface area contributed by atoms with E-state index in [1.54, 1.807) is 12.1 Å². The third-order valence-corrected chi connectivity index (χ3v) is 7.23. The molecule has 0 bridgehead atoms. The van der Waals surface area contributed by atoms with E-state index in [2.05, 4.69) is 10.6 Å². The molecule has 1 aromatic carbocycles. The zero-order chi connectivity index (χ0) is 28.7. The Hall–Kier alpha value is -2.60. The van der Waals surface area contributed by atoms with E-state index in [-0.39, 0.29) is 61.0 Å². The number of anilines is 2. The van der Waals surface area contributed by atoms with Gasteiger partial charge in [0.25, 0.3) is 18.2 Å². The lowest BCUT2D eigenvalue weighted by Crippen LogP contribution is -2.52. The van der Waals surface area contributed by atoms with Crippen LogP contribution in [-0.2, 0) is 14.3 Å². The maximum absolute atomic E-state index is 14.0. The molecule has 0 spiro atoms. The molecule has 0 saturated carbocycles. The minimum atomic E-state index is -2.86. The van der Waals surface area contributed by atoms with Crippen molar-refractivity contribution in [1.82, 2.24) is 10.2 Å². The summed E-state index contributed by atoms with van der Waals surface area (Å²) in [4.78, 5) is 42.3. The van der Waals surface area contributed by atoms with Crippen molar-refractivity contribution in [1.29, 1.82) is 0 Å². The quantitative estimate of drug-likeness (QED) is 0.364. The number of morpholine rings is 1.